The van der Waals surface area contributed by atoms with E-state index in [0.717, 1.165) is 0 Å². The topological polar surface area (TPSA) is 71.2 Å². The van der Waals surface area contributed by atoms with Crippen molar-refractivity contribution in [3.8, 4) is 0 Å². The van der Waals surface area contributed by atoms with Gasteiger partial charge in [0, 0.05) is 5.69 Å². The van der Waals surface area contributed by atoms with Gasteiger partial charge >= 0.3 is 5.97 Å². The summed E-state index contributed by atoms with van der Waals surface area (Å²) < 4.78 is 18.3. The van der Waals surface area contributed by atoms with Gasteiger partial charge in [-0.2, -0.15) is 0 Å². The lowest BCUT2D eigenvalue weighted by Crippen LogP contribution is -2.15. The Balaban J connectivity index is 2.37. The number of rotatable bonds is 4. The Kier molecular flexibility index (Phi) is 4.60. The monoisotopic (exact) mass is 304 g/mol. The SMILES string of the molecule is CCc1[nH]c(C(=O)Nc2ccccc2F)c(C)c1C(=O)OC. The number of nitrogens with one attached hydrogen (secondary N) is 2. The van der Waals surface area contributed by atoms with Crippen LogP contribution in [0.2, 0.25) is 0 Å². The molecule has 0 fully saturated rings. The van der Waals surface area contributed by atoms with Crippen molar-refractivity contribution in [3.63, 3.8) is 0 Å². The van der Waals surface area contributed by atoms with Gasteiger partial charge in [0.25, 0.3) is 5.91 Å². The lowest BCUT2D eigenvalue weighted by Gasteiger charge is -2.06. The molecule has 6 heteroatoms. The van der Waals surface area contributed by atoms with Gasteiger partial charge in [0.2, 0.25) is 0 Å². The number of ether oxygens (including phenoxy) is 1. The van der Waals surface area contributed by atoms with E-state index in [-0.39, 0.29) is 11.4 Å². The van der Waals surface area contributed by atoms with Crippen molar-refractivity contribution in [2.24, 2.45) is 0 Å². The Morgan fingerprint density at radius 2 is 2.00 bits per heavy atom. The normalized spacial score (nSPS) is 10.4. The predicted octanol–water partition coefficient (Wildman–Crippen LogP) is 3.06. The number of halogens is 1. The van der Waals surface area contributed by atoms with Gasteiger partial charge in [-0.25, -0.2) is 9.18 Å². The highest BCUT2D eigenvalue weighted by Crippen LogP contribution is 2.22. The highest BCUT2D eigenvalue weighted by atomic mass is 19.1. The second kappa shape index (κ2) is 6.43. The van der Waals surface area contributed by atoms with E-state index in [0.29, 0.717) is 23.2 Å². The molecule has 0 bridgehead atoms. The Bertz CT molecular complexity index is 722. The minimum atomic E-state index is -0.524. The molecular formula is C16H17FN2O3. The molecule has 0 aliphatic carbocycles. The van der Waals surface area contributed by atoms with Gasteiger partial charge in [-0.1, -0.05) is 19.1 Å². The quantitative estimate of drug-likeness (QED) is 0.853. The van der Waals surface area contributed by atoms with Gasteiger partial charge in [0.15, 0.2) is 0 Å². The van der Waals surface area contributed by atoms with Crippen LogP contribution in [0, 0.1) is 12.7 Å². The second-order valence-corrected chi connectivity index (χ2v) is 4.76. The molecule has 1 aromatic carbocycles. The molecule has 1 aromatic heterocycles. The van der Waals surface area contributed by atoms with E-state index in [4.69, 9.17) is 4.74 Å². The number of esters is 1. The molecule has 5 nitrogen and oxygen atoms in total. The van der Waals surface area contributed by atoms with E-state index < -0.39 is 17.7 Å². The molecule has 2 aromatic rings. The summed E-state index contributed by atoms with van der Waals surface area (Å²) in [4.78, 5) is 27.1. The summed E-state index contributed by atoms with van der Waals surface area (Å²) in [6.07, 6.45) is 0.540. The number of hydrogen-bond acceptors (Lipinski definition) is 3. The molecule has 0 atom stereocenters. The molecule has 22 heavy (non-hydrogen) atoms. The van der Waals surface area contributed by atoms with E-state index >= 15 is 0 Å². The molecule has 0 radical (unpaired) electrons. The molecule has 0 saturated heterocycles. The number of methoxy groups -OCH3 is 1. The third kappa shape index (κ3) is 2.86. The summed E-state index contributed by atoms with van der Waals surface area (Å²) in [6.45, 7) is 3.51. The van der Waals surface area contributed by atoms with E-state index in [2.05, 4.69) is 10.3 Å². The van der Waals surface area contributed by atoms with Gasteiger partial charge in [0.05, 0.1) is 18.4 Å². The van der Waals surface area contributed by atoms with Crippen molar-refractivity contribution >= 4 is 17.6 Å². The van der Waals surface area contributed by atoms with Crippen LogP contribution >= 0.6 is 0 Å². The molecule has 1 heterocycles. The molecule has 0 aliphatic heterocycles. The number of para-hydroxylation sites is 1. The summed E-state index contributed by atoms with van der Waals surface area (Å²) in [5.41, 5.74) is 1.75. The number of carbonyl (C=O) groups excluding carboxylic acids is 2. The Morgan fingerprint density at radius 3 is 2.59 bits per heavy atom. The van der Waals surface area contributed by atoms with Crippen molar-refractivity contribution in [2.45, 2.75) is 20.3 Å². The Hall–Kier alpha value is -2.63. The first kappa shape index (κ1) is 15.8. The molecule has 0 saturated carbocycles. The fraction of sp³-hybridized carbons (Fsp3) is 0.250. The minimum Gasteiger partial charge on any atom is -0.465 e. The van der Waals surface area contributed by atoms with E-state index in [1.54, 1.807) is 13.0 Å². The second-order valence-electron chi connectivity index (χ2n) is 4.76. The lowest BCUT2D eigenvalue weighted by molar-refractivity contribution is 0.0599. The van der Waals surface area contributed by atoms with Crippen LogP contribution in [-0.2, 0) is 11.2 Å². The largest absolute Gasteiger partial charge is 0.465 e. The van der Waals surface area contributed by atoms with Crippen molar-refractivity contribution in [1.82, 2.24) is 4.98 Å². The van der Waals surface area contributed by atoms with Crippen molar-refractivity contribution in [2.75, 3.05) is 12.4 Å². The van der Waals surface area contributed by atoms with Crippen LogP contribution in [0.5, 0.6) is 0 Å². The zero-order chi connectivity index (χ0) is 16.3. The molecule has 2 rings (SSSR count). The van der Waals surface area contributed by atoms with Crippen LogP contribution in [0.4, 0.5) is 10.1 Å². The average Bonchev–Trinajstić information content (AvgIpc) is 2.85. The van der Waals surface area contributed by atoms with Crippen LogP contribution < -0.4 is 5.32 Å². The number of aryl methyl sites for hydroxylation is 1. The first-order chi connectivity index (χ1) is 10.5. The summed E-state index contributed by atoms with van der Waals surface area (Å²) in [6, 6.07) is 5.88. The maximum atomic E-state index is 13.6. The maximum Gasteiger partial charge on any atom is 0.339 e. The predicted molar refractivity (Wildman–Crippen MR) is 80.6 cm³/mol. The molecule has 2 N–H and O–H groups in total. The van der Waals surface area contributed by atoms with Crippen molar-refractivity contribution in [3.05, 3.63) is 52.6 Å². The van der Waals surface area contributed by atoms with Crippen LogP contribution in [0.25, 0.3) is 0 Å². The number of aromatic amines is 1. The van der Waals surface area contributed by atoms with E-state index in [1.165, 1.54) is 25.3 Å². The maximum absolute atomic E-state index is 13.6. The third-order valence-corrected chi connectivity index (χ3v) is 3.42. The summed E-state index contributed by atoms with van der Waals surface area (Å²) in [5.74, 6) is -1.54. The molecule has 116 valence electrons. The van der Waals surface area contributed by atoms with Crippen molar-refractivity contribution in [1.29, 1.82) is 0 Å². The van der Waals surface area contributed by atoms with Crippen LogP contribution in [-0.4, -0.2) is 24.0 Å². The zero-order valence-corrected chi connectivity index (χ0v) is 12.6. The fourth-order valence-electron chi connectivity index (χ4n) is 2.28. The Labute approximate surface area is 127 Å². The van der Waals surface area contributed by atoms with E-state index in [9.17, 15) is 14.0 Å². The van der Waals surface area contributed by atoms with Gasteiger partial charge in [-0.3, -0.25) is 4.79 Å². The number of amides is 1. The van der Waals surface area contributed by atoms with Crippen LogP contribution in [0.1, 0.15) is 39.0 Å². The lowest BCUT2D eigenvalue weighted by atomic mass is 10.1. The van der Waals surface area contributed by atoms with Gasteiger partial charge in [0.1, 0.15) is 11.5 Å². The zero-order valence-electron chi connectivity index (χ0n) is 12.6. The minimum absolute atomic E-state index is 0.0826. The number of benzene rings is 1. The van der Waals surface area contributed by atoms with Gasteiger partial charge < -0.3 is 15.0 Å². The fourth-order valence-corrected chi connectivity index (χ4v) is 2.28. The summed E-state index contributed by atoms with van der Waals surface area (Å²) in [7, 11) is 1.29. The molecular weight excluding hydrogens is 287 g/mol. The highest BCUT2D eigenvalue weighted by Gasteiger charge is 2.23. The first-order valence-electron chi connectivity index (χ1n) is 6.85. The standard InChI is InChI=1S/C16H17FN2O3/c1-4-11-13(16(21)22-3)9(2)14(18-11)15(20)19-12-8-6-5-7-10(12)17/h5-8,18H,4H2,1-3H3,(H,19,20). The van der Waals surface area contributed by atoms with Crippen molar-refractivity contribution < 1.29 is 18.7 Å². The van der Waals surface area contributed by atoms with Gasteiger partial charge in [-0.05, 0) is 31.0 Å². The highest BCUT2D eigenvalue weighted by molar-refractivity contribution is 6.06. The number of H-pyrrole nitrogens is 1. The molecule has 1 amide bonds. The molecule has 0 spiro atoms. The third-order valence-electron chi connectivity index (χ3n) is 3.42. The average molecular weight is 304 g/mol. The number of anilines is 1. The molecule has 0 unspecified atom stereocenters. The first-order valence-corrected chi connectivity index (χ1v) is 6.85. The Morgan fingerprint density at radius 1 is 1.32 bits per heavy atom. The number of carbonyl (C=O) groups is 2. The van der Waals surface area contributed by atoms with Gasteiger partial charge in [-0.15, -0.1) is 0 Å². The summed E-state index contributed by atoms with van der Waals surface area (Å²) >= 11 is 0. The number of hydrogen-bond donors (Lipinski definition) is 2. The summed E-state index contributed by atoms with van der Waals surface area (Å²) in [5, 5.41) is 2.49. The smallest absolute Gasteiger partial charge is 0.339 e. The van der Waals surface area contributed by atoms with Crippen LogP contribution in [0.3, 0.4) is 0 Å². The van der Waals surface area contributed by atoms with E-state index in [1.807, 2.05) is 6.92 Å². The van der Waals surface area contributed by atoms with Crippen LogP contribution in [0.15, 0.2) is 24.3 Å². The molecule has 0 aliphatic rings. The number of aromatic nitrogens is 1.